The second-order valence-electron chi connectivity index (χ2n) is 3.95. The summed E-state index contributed by atoms with van der Waals surface area (Å²) in [6.45, 7) is 0. The first kappa shape index (κ1) is 10.6. The van der Waals surface area contributed by atoms with Crippen LogP contribution in [-0.2, 0) is 0 Å². The number of hydrogen-bond donors (Lipinski definition) is 3. The minimum Gasteiger partial charge on any atom is -0.508 e. The average Bonchev–Trinajstić information content (AvgIpc) is 2.71. The van der Waals surface area contributed by atoms with E-state index >= 15 is 0 Å². The van der Waals surface area contributed by atoms with Crippen LogP contribution in [0.1, 0.15) is 0 Å². The lowest BCUT2D eigenvalue weighted by Crippen LogP contribution is -1.85. The summed E-state index contributed by atoms with van der Waals surface area (Å²) in [5.74, 6) is -0.222. The molecule has 1 heterocycles. The van der Waals surface area contributed by atoms with Crippen LogP contribution in [0.25, 0.3) is 22.4 Å². The van der Waals surface area contributed by atoms with E-state index < -0.39 is 5.82 Å². The molecule has 0 aliphatic rings. The first-order chi connectivity index (χ1) is 8.63. The molecule has 0 atom stereocenters. The summed E-state index contributed by atoms with van der Waals surface area (Å²) in [6, 6.07) is 8.54. The van der Waals surface area contributed by atoms with Crippen molar-refractivity contribution in [2.75, 3.05) is 0 Å². The van der Waals surface area contributed by atoms with Crippen molar-refractivity contribution >= 4 is 11.0 Å². The normalized spacial score (nSPS) is 10.9. The number of hydrogen-bond acceptors (Lipinski definition) is 3. The van der Waals surface area contributed by atoms with Crippen LogP contribution in [0.2, 0.25) is 0 Å². The molecular weight excluding hydrogens is 235 g/mol. The van der Waals surface area contributed by atoms with Crippen molar-refractivity contribution in [3.05, 3.63) is 42.2 Å². The van der Waals surface area contributed by atoms with Crippen LogP contribution in [0.4, 0.5) is 4.39 Å². The van der Waals surface area contributed by atoms with Crippen LogP contribution in [0.15, 0.2) is 36.4 Å². The summed E-state index contributed by atoms with van der Waals surface area (Å²) < 4.78 is 13.7. The van der Waals surface area contributed by atoms with Gasteiger partial charge in [-0.15, -0.1) is 0 Å². The van der Waals surface area contributed by atoms with Gasteiger partial charge in [-0.2, -0.15) is 0 Å². The Bertz CT molecular complexity index is 737. The van der Waals surface area contributed by atoms with Gasteiger partial charge in [-0.05, 0) is 24.3 Å². The van der Waals surface area contributed by atoms with Crippen LogP contribution in [-0.4, -0.2) is 20.2 Å². The zero-order valence-electron chi connectivity index (χ0n) is 9.18. The minimum absolute atomic E-state index is 0.115. The lowest BCUT2D eigenvalue weighted by molar-refractivity contribution is 0.469. The second-order valence-corrected chi connectivity index (χ2v) is 3.95. The molecule has 3 rings (SSSR count). The Labute approximate surface area is 101 Å². The highest BCUT2D eigenvalue weighted by atomic mass is 19.1. The molecular formula is C13H9FN2O2. The molecule has 0 saturated carbocycles. The first-order valence-electron chi connectivity index (χ1n) is 5.31. The molecule has 2 aromatic carbocycles. The van der Waals surface area contributed by atoms with E-state index in [4.69, 9.17) is 5.11 Å². The van der Waals surface area contributed by atoms with Crippen LogP contribution in [0, 0.1) is 5.82 Å². The third-order valence-electron chi connectivity index (χ3n) is 2.67. The number of halogens is 1. The van der Waals surface area contributed by atoms with Crippen molar-refractivity contribution in [1.29, 1.82) is 0 Å². The number of H-pyrrole nitrogens is 1. The Morgan fingerprint density at radius 3 is 2.50 bits per heavy atom. The van der Waals surface area contributed by atoms with Crippen molar-refractivity contribution in [2.24, 2.45) is 0 Å². The van der Waals surface area contributed by atoms with Crippen LogP contribution in [0.3, 0.4) is 0 Å². The smallest absolute Gasteiger partial charge is 0.141 e. The number of nitrogens with one attached hydrogen (secondary N) is 1. The third kappa shape index (κ3) is 1.66. The standard InChI is InChI=1S/C13H9FN2O2/c14-10-5-7(17)1-3-9(10)13-15-11-4-2-8(18)6-12(11)16-13/h1-6,17-18H,(H,15,16). The van der Waals surface area contributed by atoms with E-state index in [1.165, 1.54) is 24.3 Å². The summed E-state index contributed by atoms with van der Waals surface area (Å²) in [5, 5.41) is 18.5. The number of phenols is 2. The molecule has 0 radical (unpaired) electrons. The van der Waals surface area contributed by atoms with Gasteiger partial charge in [-0.3, -0.25) is 0 Å². The Hall–Kier alpha value is -2.56. The number of aromatic nitrogens is 2. The molecule has 0 fully saturated rings. The maximum atomic E-state index is 13.7. The predicted octanol–water partition coefficient (Wildman–Crippen LogP) is 2.78. The van der Waals surface area contributed by atoms with Gasteiger partial charge >= 0.3 is 0 Å². The number of fused-ring (bicyclic) bond motifs is 1. The largest absolute Gasteiger partial charge is 0.508 e. The fourth-order valence-electron chi connectivity index (χ4n) is 1.82. The van der Waals surface area contributed by atoms with E-state index in [1.54, 1.807) is 6.07 Å². The molecule has 3 aromatic rings. The summed E-state index contributed by atoms with van der Waals surface area (Å²) >= 11 is 0. The molecule has 0 saturated heterocycles. The molecule has 0 spiro atoms. The molecule has 0 amide bonds. The highest BCUT2D eigenvalue weighted by Crippen LogP contribution is 2.26. The Kier molecular flexibility index (Phi) is 2.19. The van der Waals surface area contributed by atoms with E-state index in [0.29, 0.717) is 16.9 Å². The van der Waals surface area contributed by atoms with Crippen LogP contribution < -0.4 is 0 Å². The maximum Gasteiger partial charge on any atom is 0.141 e. The van der Waals surface area contributed by atoms with Gasteiger partial charge in [-0.25, -0.2) is 9.37 Å². The maximum absolute atomic E-state index is 13.7. The van der Waals surface area contributed by atoms with Crippen LogP contribution in [0.5, 0.6) is 11.5 Å². The fourth-order valence-corrected chi connectivity index (χ4v) is 1.82. The zero-order chi connectivity index (χ0) is 12.7. The predicted molar refractivity (Wildman–Crippen MR) is 64.8 cm³/mol. The highest BCUT2D eigenvalue weighted by molar-refractivity contribution is 5.80. The summed E-state index contributed by atoms with van der Waals surface area (Å²) in [7, 11) is 0. The molecule has 90 valence electrons. The third-order valence-corrected chi connectivity index (χ3v) is 2.67. The number of benzene rings is 2. The van der Waals surface area contributed by atoms with Gasteiger partial charge in [0.1, 0.15) is 23.1 Å². The number of rotatable bonds is 1. The van der Waals surface area contributed by atoms with Gasteiger partial charge in [0.2, 0.25) is 0 Å². The second kappa shape index (κ2) is 3.73. The van der Waals surface area contributed by atoms with E-state index in [-0.39, 0.29) is 17.1 Å². The van der Waals surface area contributed by atoms with E-state index in [2.05, 4.69) is 9.97 Å². The van der Waals surface area contributed by atoms with Crippen molar-refractivity contribution < 1.29 is 14.6 Å². The fraction of sp³-hybridized carbons (Fsp3) is 0. The van der Waals surface area contributed by atoms with E-state index in [9.17, 15) is 9.50 Å². The van der Waals surface area contributed by atoms with Crippen molar-refractivity contribution in [2.45, 2.75) is 0 Å². The van der Waals surface area contributed by atoms with Gasteiger partial charge in [0.05, 0.1) is 16.6 Å². The highest BCUT2D eigenvalue weighted by Gasteiger charge is 2.10. The summed E-state index contributed by atoms with van der Waals surface area (Å²) in [6.07, 6.45) is 0. The number of aromatic amines is 1. The van der Waals surface area contributed by atoms with Crippen molar-refractivity contribution in [3.8, 4) is 22.9 Å². The molecule has 18 heavy (non-hydrogen) atoms. The molecule has 0 aliphatic heterocycles. The number of phenolic OH excluding ortho intramolecular Hbond substituents is 2. The molecule has 1 aromatic heterocycles. The average molecular weight is 244 g/mol. The lowest BCUT2D eigenvalue weighted by atomic mass is 10.2. The number of imidazole rings is 1. The Morgan fingerprint density at radius 1 is 1.00 bits per heavy atom. The molecule has 3 N–H and O–H groups in total. The first-order valence-corrected chi connectivity index (χ1v) is 5.31. The molecule has 0 bridgehead atoms. The monoisotopic (exact) mass is 244 g/mol. The van der Waals surface area contributed by atoms with E-state index in [1.807, 2.05) is 0 Å². The molecule has 0 unspecified atom stereocenters. The lowest BCUT2D eigenvalue weighted by Gasteiger charge is -1.99. The Morgan fingerprint density at radius 2 is 1.72 bits per heavy atom. The van der Waals surface area contributed by atoms with Gasteiger partial charge in [0, 0.05) is 12.1 Å². The SMILES string of the molecule is Oc1ccc(-c2nc3ccc(O)cc3[nH]2)c(F)c1. The van der Waals surface area contributed by atoms with Gasteiger partial charge in [0.15, 0.2) is 0 Å². The molecule has 4 nitrogen and oxygen atoms in total. The van der Waals surface area contributed by atoms with Crippen LogP contribution >= 0.6 is 0 Å². The van der Waals surface area contributed by atoms with Gasteiger partial charge < -0.3 is 15.2 Å². The van der Waals surface area contributed by atoms with Gasteiger partial charge in [-0.1, -0.05) is 0 Å². The van der Waals surface area contributed by atoms with Crippen molar-refractivity contribution in [3.63, 3.8) is 0 Å². The van der Waals surface area contributed by atoms with Gasteiger partial charge in [0.25, 0.3) is 0 Å². The quantitative estimate of drug-likeness (QED) is 0.616. The zero-order valence-corrected chi connectivity index (χ0v) is 9.18. The molecule has 0 aliphatic carbocycles. The Balaban J connectivity index is 2.19. The molecule has 5 heteroatoms. The van der Waals surface area contributed by atoms with Crippen molar-refractivity contribution in [1.82, 2.24) is 9.97 Å². The summed E-state index contributed by atoms with van der Waals surface area (Å²) in [5.41, 5.74) is 1.52. The number of nitrogens with zero attached hydrogens (tertiary/aromatic N) is 1. The number of aromatic hydroxyl groups is 2. The summed E-state index contributed by atoms with van der Waals surface area (Å²) in [4.78, 5) is 7.15. The minimum atomic E-state index is -0.557. The topological polar surface area (TPSA) is 69.1 Å². The van der Waals surface area contributed by atoms with E-state index in [0.717, 1.165) is 6.07 Å².